The van der Waals surface area contributed by atoms with Crippen molar-refractivity contribution in [3.05, 3.63) is 39.7 Å². The van der Waals surface area contributed by atoms with Gasteiger partial charge in [-0.05, 0) is 30.9 Å². The van der Waals surface area contributed by atoms with E-state index < -0.39 is 16.4 Å². The fraction of sp³-hybridized carbons (Fsp3) is 0.500. The molecule has 20 heavy (non-hydrogen) atoms. The number of carbonyl (C=O) groups is 1. The van der Waals surface area contributed by atoms with E-state index in [4.69, 9.17) is 0 Å². The molecule has 0 aliphatic carbocycles. The molecule has 0 N–H and O–H groups in total. The van der Waals surface area contributed by atoms with Crippen LogP contribution in [0.3, 0.4) is 0 Å². The van der Waals surface area contributed by atoms with Gasteiger partial charge in [0, 0.05) is 24.7 Å². The molecule has 0 radical (unpaired) electrons. The van der Waals surface area contributed by atoms with Crippen molar-refractivity contribution in [3.63, 3.8) is 0 Å². The van der Waals surface area contributed by atoms with Crippen molar-refractivity contribution >= 4 is 11.6 Å². The highest BCUT2D eigenvalue weighted by molar-refractivity contribution is 5.94. The fourth-order valence-electron chi connectivity index (χ4n) is 2.51. The number of nitro benzene ring substituents is 1. The Kier molecular flexibility index (Phi) is 4.32. The molecule has 0 aromatic heterocycles. The topological polar surface area (TPSA) is 63.5 Å². The van der Waals surface area contributed by atoms with Crippen molar-refractivity contribution in [1.82, 2.24) is 4.90 Å². The van der Waals surface area contributed by atoms with Crippen LogP contribution in [0.1, 0.15) is 36.5 Å². The third kappa shape index (κ3) is 2.95. The Morgan fingerprint density at radius 3 is 2.65 bits per heavy atom. The second kappa shape index (κ2) is 5.98. The molecule has 1 aromatic carbocycles. The van der Waals surface area contributed by atoms with Crippen molar-refractivity contribution in [2.24, 2.45) is 5.92 Å². The lowest BCUT2D eigenvalue weighted by atomic mass is 9.94. The van der Waals surface area contributed by atoms with Crippen molar-refractivity contribution < 1.29 is 14.1 Å². The molecule has 1 aliphatic rings. The first kappa shape index (κ1) is 14.4. The molecule has 2 rings (SSSR count). The summed E-state index contributed by atoms with van der Waals surface area (Å²) >= 11 is 0. The Bertz CT molecular complexity index is 525. The van der Waals surface area contributed by atoms with E-state index in [-0.39, 0.29) is 11.5 Å². The van der Waals surface area contributed by atoms with Crippen LogP contribution in [0.15, 0.2) is 18.2 Å². The summed E-state index contributed by atoms with van der Waals surface area (Å²) in [6, 6.07) is 3.30. The summed E-state index contributed by atoms with van der Waals surface area (Å²) in [7, 11) is 0. The molecule has 0 unspecified atom stereocenters. The summed E-state index contributed by atoms with van der Waals surface area (Å²) in [6.45, 7) is 3.44. The summed E-state index contributed by atoms with van der Waals surface area (Å²) in [5.74, 6) is -0.541. The average Bonchev–Trinajstić information content (AvgIpc) is 2.47. The van der Waals surface area contributed by atoms with Crippen LogP contribution >= 0.6 is 0 Å². The van der Waals surface area contributed by atoms with Crippen LogP contribution in [0.4, 0.5) is 10.1 Å². The molecule has 0 bridgehead atoms. The molecule has 1 saturated heterocycles. The molecule has 6 heteroatoms. The van der Waals surface area contributed by atoms with Crippen molar-refractivity contribution in [3.8, 4) is 0 Å². The zero-order valence-electron chi connectivity index (χ0n) is 11.3. The van der Waals surface area contributed by atoms with Gasteiger partial charge in [-0.15, -0.1) is 0 Å². The lowest BCUT2D eigenvalue weighted by molar-refractivity contribution is -0.387. The zero-order chi connectivity index (χ0) is 14.7. The summed E-state index contributed by atoms with van der Waals surface area (Å²) in [6.07, 6.45) is 3.00. The maximum absolute atomic E-state index is 13.3. The summed E-state index contributed by atoms with van der Waals surface area (Å²) in [5, 5.41) is 10.7. The van der Waals surface area contributed by atoms with Gasteiger partial charge in [0.15, 0.2) is 0 Å². The first-order valence-electron chi connectivity index (χ1n) is 6.76. The third-order valence-electron chi connectivity index (χ3n) is 3.87. The minimum atomic E-state index is -0.920. The second-order valence-corrected chi connectivity index (χ2v) is 5.07. The number of hydrogen-bond donors (Lipinski definition) is 0. The number of hydrogen-bond acceptors (Lipinski definition) is 3. The lowest BCUT2D eigenvalue weighted by Crippen LogP contribution is -2.38. The molecule has 0 atom stereocenters. The van der Waals surface area contributed by atoms with Crippen LogP contribution in [-0.4, -0.2) is 28.8 Å². The summed E-state index contributed by atoms with van der Waals surface area (Å²) in [4.78, 5) is 23.8. The molecule has 1 aromatic rings. The van der Waals surface area contributed by atoms with E-state index in [1.807, 2.05) is 0 Å². The van der Waals surface area contributed by atoms with E-state index in [1.165, 1.54) is 6.07 Å². The van der Waals surface area contributed by atoms with Gasteiger partial charge in [0.05, 0.1) is 4.92 Å². The number of amides is 1. The largest absolute Gasteiger partial charge is 0.339 e. The van der Waals surface area contributed by atoms with E-state index in [0.29, 0.717) is 19.0 Å². The number of piperidine rings is 1. The first-order chi connectivity index (χ1) is 9.52. The van der Waals surface area contributed by atoms with Gasteiger partial charge in [-0.2, -0.15) is 4.39 Å². The Morgan fingerprint density at radius 2 is 2.10 bits per heavy atom. The monoisotopic (exact) mass is 280 g/mol. The van der Waals surface area contributed by atoms with Gasteiger partial charge in [0.1, 0.15) is 0 Å². The number of likely N-dealkylation sites (tertiary alicyclic amines) is 1. The Morgan fingerprint density at radius 1 is 1.45 bits per heavy atom. The highest BCUT2D eigenvalue weighted by Gasteiger charge is 2.24. The van der Waals surface area contributed by atoms with Gasteiger partial charge in [-0.3, -0.25) is 14.9 Å². The number of halogens is 1. The van der Waals surface area contributed by atoms with E-state index in [2.05, 4.69) is 6.92 Å². The number of nitro groups is 1. The molecule has 108 valence electrons. The van der Waals surface area contributed by atoms with Gasteiger partial charge >= 0.3 is 5.69 Å². The molecule has 1 heterocycles. The minimum Gasteiger partial charge on any atom is -0.339 e. The third-order valence-corrected chi connectivity index (χ3v) is 3.87. The van der Waals surface area contributed by atoms with Crippen molar-refractivity contribution in [2.45, 2.75) is 26.2 Å². The molecule has 0 spiro atoms. The van der Waals surface area contributed by atoms with Crippen LogP contribution in [0.25, 0.3) is 0 Å². The van der Waals surface area contributed by atoms with Crippen LogP contribution in [0.2, 0.25) is 0 Å². The number of benzene rings is 1. The standard InChI is InChI=1S/C14H17FN2O3/c1-2-10-5-7-16(8-6-10)14(18)11-3-4-12(15)13(9-11)17(19)20/h3-4,9-10H,2,5-8H2,1H3. The molecule has 1 aliphatic heterocycles. The molecule has 5 nitrogen and oxygen atoms in total. The summed E-state index contributed by atoms with van der Waals surface area (Å²) in [5.41, 5.74) is -0.479. The van der Waals surface area contributed by atoms with Gasteiger partial charge in [-0.1, -0.05) is 13.3 Å². The quantitative estimate of drug-likeness (QED) is 0.631. The van der Waals surface area contributed by atoms with Gasteiger partial charge in [0.2, 0.25) is 5.82 Å². The maximum Gasteiger partial charge on any atom is 0.305 e. The Balaban J connectivity index is 2.14. The molecular weight excluding hydrogens is 263 g/mol. The number of rotatable bonds is 3. The highest BCUT2D eigenvalue weighted by Crippen LogP contribution is 2.23. The number of nitrogens with zero attached hydrogens (tertiary/aromatic N) is 2. The first-order valence-corrected chi connectivity index (χ1v) is 6.76. The zero-order valence-corrected chi connectivity index (χ0v) is 11.3. The molecule has 1 fully saturated rings. The highest BCUT2D eigenvalue weighted by atomic mass is 19.1. The van der Waals surface area contributed by atoms with E-state index in [0.717, 1.165) is 31.4 Å². The van der Waals surface area contributed by atoms with Crippen LogP contribution in [-0.2, 0) is 0 Å². The van der Waals surface area contributed by atoms with Crippen molar-refractivity contribution in [1.29, 1.82) is 0 Å². The van der Waals surface area contributed by atoms with E-state index in [1.54, 1.807) is 4.90 Å². The van der Waals surface area contributed by atoms with Crippen LogP contribution < -0.4 is 0 Å². The van der Waals surface area contributed by atoms with Crippen LogP contribution in [0.5, 0.6) is 0 Å². The maximum atomic E-state index is 13.3. The van der Waals surface area contributed by atoms with Crippen LogP contribution in [0, 0.1) is 21.8 Å². The second-order valence-electron chi connectivity index (χ2n) is 5.07. The predicted octanol–water partition coefficient (Wildman–Crippen LogP) is 3.00. The van der Waals surface area contributed by atoms with Gasteiger partial charge < -0.3 is 4.90 Å². The van der Waals surface area contributed by atoms with E-state index in [9.17, 15) is 19.3 Å². The fourth-order valence-corrected chi connectivity index (χ4v) is 2.51. The SMILES string of the molecule is CCC1CCN(C(=O)c2ccc(F)c([N+](=O)[O-])c2)CC1. The normalized spacial score (nSPS) is 16.2. The van der Waals surface area contributed by atoms with Gasteiger partial charge in [0.25, 0.3) is 5.91 Å². The van der Waals surface area contributed by atoms with Gasteiger partial charge in [-0.25, -0.2) is 0 Å². The minimum absolute atomic E-state index is 0.174. The predicted molar refractivity (Wildman–Crippen MR) is 72.0 cm³/mol. The van der Waals surface area contributed by atoms with E-state index >= 15 is 0 Å². The summed E-state index contributed by atoms with van der Waals surface area (Å²) < 4.78 is 13.3. The average molecular weight is 280 g/mol. The lowest BCUT2D eigenvalue weighted by Gasteiger charge is -2.31. The Hall–Kier alpha value is -1.98. The molecule has 1 amide bonds. The Labute approximate surface area is 116 Å². The number of carbonyl (C=O) groups excluding carboxylic acids is 1. The van der Waals surface area contributed by atoms with Crippen molar-refractivity contribution in [2.75, 3.05) is 13.1 Å². The smallest absolute Gasteiger partial charge is 0.305 e. The molecular formula is C14H17FN2O3. The molecule has 0 saturated carbocycles.